The molecule has 100 valence electrons. The van der Waals surface area contributed by atoms with Crippen LogP contribution < -0.4 is 4.90 Å². The predicted molar refractivity (Wildman–Crippen MR) is 58.8 cm³/mol. The number of hydrogen-bond donors (Lipinski definition) is 0. The number of halogens is 2. The van der Waals surface area contributed by atoms with Crippen molar-refractivity contribution in [3.8, 4) is 0 Å². The summed E-state index contributed by atoms with van der Waals surface area (Å²) < 4.78 is 51.5. The molecule has 0 N–H and O–H groups in total. The Kier molecular flexibility index (Phi) is 3.20. The molecule has 1 aliphatic rings. The summed E-state index contributed by atoms with van der Waals surface area (Å²) in [5, 5.41) is 0. The summed E-state index contributed by atoms with van der Waals surface area (Å²) in [7, 11) is -3.56. The fourth-order valence-electron chi connectivity index (χ4n) is 1.44. The third-order valence-corrected chi connectivity index (χ3v) is 2.79. The molecule has 0 spiro atoms. The lowest BCUT2D eigenvalue weighted by Crippen LogP contribution is -2.57. The Balaban J connectivity index is 2.02. The largest absolute Gasteiger partial charge is 0.329 e. The van der Waals surface area contributed by atoms with Crippen molar-refractivity contribution in [3.63, 3.8) is 0 Å². The van der Waals surface area contributed by atoms with Crippen LogP contribution in [0.2, 0.25) is 0 Å². The maximum Gasteiger partial charge on any atom is 0.282 e. The Morgan fingerprint density at radius 3 is 2.72 bits per heavy atom. The van der Waals surface area contributed by atoms with Crippen LogP contribution in [0.1, 0.15) is 5.69 Å². The monoisotopic (exact) mass is 279 g/mol. The molecular formula is C9H11F2N3O3S. The van der Waals surface area contributed by atoms with E-state index in [1.54, 1.807) is 0 Å². The molecule has 2 heterocycles. The minimum absolute atomic E-state index is 0.149. The van der Waals surface area contributed by atoms with Gasteiger partial charge < -0.3 is 4.90 Å². The molecule has 1 aliphatic heterocycles. The van der Waals surface area contributed by atoms with Crippen LogP contribution in [0.15, 0.2) is 12.3 Å². The van der Waals surface area contributed by atoms with Crippen molar-refractivity contribution in [1.82, 2.24) is 9.97 Å². The summed E-state index contributed by atoms with van der Waals surface area (Å²) >= 11 is 0. The normalized spacial score (nSPS) is 18.5. The first-order valence-corrected chi connectivity index (χ1v) is 6.86. The van der Waals surface area contributed by atoms with Crippen LogP contribution in [0, 0.1) is 0 Å². The number of hydrogen-bond acceptors (Lipinski definition) is 6. The molecule has 0 saturated carbocycles. The third kappa shape index (κ3) is 3.33. The SMILES string of the molecule is CS(=O)(=O)OCc1ccnc(N2CC(F)(F)C2)n1. The van der Waals surface area contributed by atoms with Gasteiger partial charge in [-0.2, -0.15) is 8.42 Å². The van der Waals surface area contributed by atoms with Crippen molar-refractivity contribution in [3.05, 3.63) is 18.0 Å². The molecule has 9 heteroatoms. The summed E-state index contributed by atoms with van der Waals surface area (Å²) in [6.07, 6.45) is 2.30. The van der Waals surface area contributed by atoms with E-state index < -0.39 is 29.1 Å². The summed E-state index contributed by atoms with van der Waals surface area (Å²) in [5.41, 5.74) is 0.320. The van der Waals surface area contributed by atoms with Gasteiger partial charge in [0.15, 0.2) is 0 Å². The quantitative estimate of drug-likeness (QED) is 0.743. The lowest BCUT2D eigenvalue weighted by Gasteiger charge is -2.38. The predicted octanol–water partition coefficient (Wildman–Crippen LogP) is 0.408. The Bertz CT molecular complexity index is 542. The molecule has 18 heavy (non-hydrogen) atoms. The average Bonchev–Trinajstić information content (AvgIpc) is 2.22. The summed E-state index contributed by atoms with van der Waals surface area (Å²) in [5.74, 6) is -2.56. The molecule has 0 aliphatic carbocycles. The standard InChI is InChI=1S/C9H11F2N3O3S/c1-18(15,16)17-4-7-2-3-12-8(13-7)14-5-9(10,11)6-14/h2-3H,4-6H2,1H3. The Labute approximate surface area is 103 Å². The van der Waals surface area contributed by atoms with Gasteiger partial charge in [-0.15, -0.1) is 0 Å². The van der Waals surface area contributed by atoms with Crippen molar-refractivity contribution >= 4 is 16.1 Å². The Morgan fingerprint density at radius 2 is 2.17 bits per heavy atom. The van der Waals surface area contributed by atoms with Crippen molar-refractivity contribution in [2.45, 2.75) is 12.5 Å². The minimum atomic E-state index is -3.56. The fraction of sp³-hybridized carbons (Fsp3) is 0.556. The van der Waals surface area contributed by atoms with E-state index in [1.165, 1.54) is 17.2 Å². The Morgan fingerprint density at radius 1 is 1.50 bits per heavy atom. The highest BCUT2D eigenvalue weighted by Crippen LogP contribution is 2.29. The van der Waals surface area contributed by atoms with Gasteiger partial charge in [-0.1, -0.05) is 0 Å². The van der Waals surface area contributed by atoms with Crippen molar-refractivity contribution < 1.29 is 21.4 Å². The van der Waals surface area contributed by atoms with E-state index in [1.807, 2.05) is 0 Å². The highest BCUT2D eigenvalue weighted by atomic mass is 32.2. The maximum atomic E-state index is 12.7. The van der Waals surface area contributed by atoms with E-state index in [4.69, 9.17) is 0 Å². The number of rotatable bonds is 4. The first-order valence-electron chi connectivity index (χ1n) is 5.04. The zero-order valence-corrected chi connectivity index (χ0v) is 10.3. The molecule has 2 rings (SSSR count). The molecule has 1 aromatic heterocycles. The van der Waals surface area contributed by atoms with Crippen molar-refractivity contribution in [2.75, 3.05) is 24.2 Å². The van der Waals surface area contributed by atoms with Crippen LogP contribution in [0.4, 0.5) is 14.7 Å². The summed E-state index contributed by atoms with van der Waals surface area (Å²) in [6.45, 7) is -1.09. The van der Waals surface area contributed by atoms with Gasteiger partial charge in [-0.3, -0.25) is 4.18 Å². The number of alkyl halides is 2. The molecule has 0 radical (unpaired) electrons. The average molecular weight is 279 g/mol. The highest BCUT2D eigenvalue weighted by molar-refractivity contribution is 7.85. The minimum Gasteiger partial charge on any atom is -0.329 e. The molecular weight excluding hydrogens is 268 g/mol. The fourth-order valence-corrected chi connectivity index (χ4v) is 1.77. The molecule has 6 nitrogen and oxygen atoms in total. The number of aromatic nitrogens is 2. The summed E-state index contributed by atoms with van der Waals surface area (Å²) in [4.78, 5) is 9.11. The third-order valence-electron chi connectivity index (χ3n) is 2.25. The zero-order chi connectivity index (χ0) is 13.4. The molecule has 1 aromatic rings. The van der Waals surface area contributed by atoms with Crippen LogP contribution in [-0.2, 0) is 20.9 Å². The molecule has 1 saturated heterocycles. The van der Waals surface area contributed by atoms with E-state index in [2.05, 4.69) is 14.2 Å². The van der Waals surface area contributed by atoms with E-state index >= 15 is 0 Å². The molecule has 0 amide bonds. The van der Waals surface area contributed by atoms with Crippen LogP contribution in [0.5, 0.6) is 0 Å². The van der Waals surface area contributed by atoms with Gasteiger partial charge in [-0.05, 0) is 6.07 Å². The Hall–Kier alpha value is -1.35. The van der Waals surface area contributed by atoms with Gasteiger partial charge in [0.1, 0.15) is 6.61 Å². The van der Waals surface area contributed by atoms with Gasteiger partial charge in [-0.25, -0.2) is 18.7 Å². The second-order valence-corrected chi connectivity index (χ2v) is 5.67. The van der Waals surface area contributed by atoms with Gasteiger partial charge in [0.05, 0.1) is 25.0 Å². The maximum absolute atomic E-state index is 12.7. The van der Waals surface area contributed by atoms with Crippen molar-refractivity contribution in [2.24, 2.45) is 0 Å². The van der Waals surface area contributed by atoms with Crippen molar-refractivity contribution in [1.29, 1.82) is 0 Å². The van der Waals surface area contributed by atoms with E-state index in [9.17, 15) is 17.2 Å². The van der Waals surface area contributed by atoms with Gasteiger partial charge in [0.25, 0.3) is 16.0 Å². The molecule has 0 bridgehead atoms. The van der Waals surface area contributed by atoms with Crippen LogP contribution in [-0.4, -0.2) is 43.7 Å². The smallest absolute Gasteiger partial charge is 0.282 e. The lowest BCUT2D eigenvalue weighted by molar-refractivity contribution is -0.0272. The van der Waals surface area contributed by atoms with Crippen LogP contribution >= 0.6 is 0 Å². The molecule has 1 fully saturated rings. The topological polar surface area (TPSA) is 72.4 Å². The van der Waals surface area contributed by atoms with E-state index in [0.29, 0.717) is 5.69 Å². The second kappa shape index (κ2) is 4.39. The highest BCUT2D eigenvalue weighted by Gasteiger charge is 2.45. The summed E-state index contributed by atoms with van der Waals surface area (Å²) in [6, 6.07) is 1.46. The van der Waals surface area contributed by atoms with Gasteiger partial charge in [0.2, 0.25) is 5.95 Å². The number of anilines is 1. The van der Waals surface area contributed by atoms with Crippen LogP contribution in [0.25, 0.3) is 0 Å². The first kappa shape index (κ1) is 13.1. The molecule has 0 atom stereocenters. The number of nitrogens with zero attached hydrogens (tertiary/aromatic N) is 3. The molecule has 0 aromatic carbocycles. The van der Waals surface area contributed by atoms with Gasteiger partial charge >= 0.3 is 0 Å². The van der Waals surface area contributed by atoms with Gasteiger partial charge in [0, 0.05) is 6.20 Å². The lowest BCUT2D eigenvalue weighted by atomic mass is 10.2. The van der Waals surface area contributed by atoms with E-state index in [0.717, 1.165) is 6.26 Å². The van der Waals surface area contributed by atoms with E-state index in [-0.39, 0.29) is 12.6 Å². The first-order chi connectivity index (χ1) is 8.25. The second-order valence-electron chi connectivity index (χ2n) is 4.03. The molecule has 0 unspecified atom stereocenters. The zero-order valence-electron chi connectivity index (χ0n) is 9.51. The van der Waals surface area contributed by atoms with Crippen LogP contribution in [0.3, 0.4) is 0 Å².